The number of carbonyl (C=O) groups is 1. The van der Waals surface area contributed by atoms with Gasteiger partial charge in [0.1, 0.15) is 20.3 Å². The van der Waals surface area contributed by atoms with Gasteiger partial charge in [-0.25, -0.2) is 9.59 Å². The summed E-state index contributed by atoms with van der Waals surface area (Å²) < 4.78 is 28.8. The summed E-state index contributed by atoms with van der Waals surface area (Å²) in [6, 6.07) is 10.8. The second kappa shape index (κ2) is 11.1. The van der Waals surface area contributed by atoms with E-state index in [9.17, 15) is 14.4 Å². The normalized spacial score (nSPS) is 25.6. The lowest BCUT2D eigenvalue weighted by Gasteiger charge is -2.41. The Hall–Kier alpha value is -2.10. The third-order valence-corrected chi connectivity index (χ3v) is 22.2. The van der Waals surface area contributed by atoms with Crippen molar-refractivity contribution in [3.05, 3.63) is 62.8 Å². The summed E-state index contributed by atoms with van der Waals surface area (Å²) in [4.78, 5) is 42.3. The summed E-state index contributed by atoms with van der Waals surface area (Å²) in [5.41, 5.74) is -1.98. The molecular formula is C31H50N2O7Si3. The topological polar surface area (TPSA) is 109 Å². The summed E-state index contributed by atoms with van der Waals surface area (Å²) in [5, 5.41) is 0.480. The average Bonchev–Trinajstić information content (AvgIpc) is 3.25. The number of benzene rings is 1. The van der Waals surface area contributed by atoms with E-state index >= 15 is 0 Å². The van der Waals surface area contributed by atoms with Crippen LogP contribution in [0, 0.1) is 0 Å². The van der Waals surface area contributed by atoms with Crippen LogP contribution in [0.4, 0.5) is 0 Å². The van der Waals surface area contributed by atoms with Crippen LogP contribution in [-0.2, 0) is 24.1 Å². The Labute approximate surface area is 258 Å². The van der Waals surface area contributed by atoms with Crippen molar-refractivity contribution in [2.24, 2.45) is 0 Å². The van der Waals surface area contributed by atoms with Crippen LogP contribution >= 0.6 is 0 Å². The Balaban J connectivity index is 1.91. The molecule has 2 aromatic rings. The molecule has 2 aliphatic rings. The summed E-state index contributed by atoms with van der Waals surface area (Å²) >= 11 is 0. The molecule has 1 saturated heterocycles. The fraction of sp³-hybridized carbons (Fsp3) is 0.645. The van der Waals surface area contributed by atoms with E-state index in [4.69, 9.17) is 18.3 Å². The predicted molar refractivity (Wildman–Crippen MR) is 177 cm³/mol. The van der Waals surface area contributed by atoms with E-state index in [1.807, 2.05) is 6.07 Å². The second-order valence-electron chi connectivity index (χ2n) is 15.8. The molecule has 0 amide bonds. The molecule has 0 aliphatic carbocycles. The van der Waals surface area contributed by atoms with Crippen LogP contribution in [0.15, 0.2) is 46.0 Å². The summed E-state index contributed by atoms with van der Waals surface area (Å²) in [7, 11) is -7.10. The van der Waals surface area contributed by atoms with Crippen molar-refractivity contribution in [3.63, 3.8) is 0 Å². The monoisotopic (exact) mass is 646 g/mol. The second-order valence-corrected chi connectivity index (χ2v) is 30.0. The first-order valence-corrected chi connectivity index (χ1v) is 24.2. The Morgan fingerprint density at radius 1 is 1.02 bits per heavy atom. The van der Waals surface area contributed by atoms with Gasteiger partial charge in [-0.15, -0.1) is 0 Å². The highest BCUT2D eigenvalue weighted by Gasteiger charge is 2.66. The summed E-state index contributed by atoms with van der Waals surface area (Å²) in [6.07, 6.45) is -2.28. The molecule has 3 heterocycles. The van der Waals surface area contributed by atoms with E-state index in [0.717, 1.165) is 0 Å². The molecule has 0 radical (unpaired) electrons. The zero-order valence-electron chi connectivity index (χ0n) is 27.9. The van der Waals surface area contributed by atoms with E-state index in [-0.39, 0.29) is 16.7 Å². The number of rotatable bonds is 7. The van der Waals surface area contributed by atoms with Gasteiger partial charge in [0.25, 0.3) is 5.56 Å². The van der Waals surface area contributed by atoms with Crippen LogP contribution in [0.3, 0.4) is 0 Å². The number of carbonyl (C=O) groups excluding carboxylic acids is 1. The van der Waals surface area contributed by atoms with Crippen LogP contribution in [-0.4, -0.2) is 65.1 Å². The van der Waals surface area contributed by atoms with Crippen LogP contribution in [0.1, 0.15) is 51.9 Å². The standard InChI is InChI=1S/C31H50N2O7Si3/c1-29(2,3)42(9,10)37-19-22-25(40-43(11,12)30(4,5)6)26(38-27(35)21-16-14-13-15-17-21)31(39-22)20-41(7,8)24-18-23(34)32-28(36)33(24)31/h13-18,22,25-26H,19-20H2,1-12H3,(H,32,34,36)/t22-,25-,26+,31-/m1/s1. The fourth-order valence-electron chi connectivity index (χ4n) is 5.55. The van der Waals surface area contributed by atoms with Crippen molar-refractivity contribution in [2.45, 2.75) is 121 Å². The Bertz CT molecular complexity index is 1470. The van der Waals surface area contributed by atoms with Crippen molar-refractivity contribution in [1.29, 1.82) is 0 Å². The van der Waals surface area contributed by atoms with Gasteiger partial charge in [0.2, 0.25) is 0 Å². The first-order valence-electron chi connectivity index (χ1n) is 15.2. The third kappa shape index (κ3) is 6.23. The molecular weight excluding hydrogens is 597 g/mol. The van der Waals surface area contributed by atoms with E-state index in [1.165, 1.54) is 6.07 Å². The lowest BCUT2D eigenvalue weighted by molar-refractivity contribution is -0.133. The Morgan fingerprint density at radius 2 is 1.60 bits per heavy atom. The molecule has 0 unspecified atom stereocenters. The van der Waals surface area contributed by atoms with Crippen molar-refractivity contribution in [3.8, 4) is 0 Å². The Morgan fingerprint density at radius 3 is 2.16 bits per heavy atom. The van der Waals surface area contributed by atoms with Gasteiger partial charge in [0.15, 0.2) is 28.5 Å². The quantitative estimate of drug-likeness (QED) is 0.327. The van der Waals surface area contributed by atoms with Gasteiger partial charge in [-0.1, -0.05) is 72.8 Å². The maximum absolute atomic E-state index is 13.7. The SMILES string of the molecule is CC(C)(C)[Si](C)(C)OC[C@H]1O[C@]2(C[Si](C)(C)c3cc(=O)[nH]c(=O)n32)[C@@H](OC(=O)c2ccccc2)[C@@H]1O[Si](C)(C)C(C)(C)C. The fourth-order valence-corrected chi connectivity index (χ4v) is 11.2. The van der Waals surface area contributed by atoms with E-state index in [1.54, 1.807) is 28.8 Å². The van der Waals surface area contributed by atoms with Gasteiger partial charge in [-0.05, 0) is 48.4 Å². The molecule has 1 aromatic carbocycles. The van der Waals surface area contributed by atoms with Crippen LogP contribution < -0.4 is 16.6 Å². The zero-order chi connectivity index (χ0) is 32.4. The molecule has 1 fully saturated rings. The van der Waals surface area contributed by atoms with Crippen LogP contribution in [0.5, 0.6) is 0 Å². The van der Waals surface area contributed by atoms with Crippen LogP contribution in [0.2, 0.25) is 55.4 Å². The number of nitrogens with one attached hydrogen (secondary N) is 1. The number of fused-ring (bicyclic) bond motifs is 2. The van der Waals surface area contributed by atoms with Crippen LogP contribution in [0.25, 0.3) is 0 Å². The smallest absolute Gasteiger partial charge is 0.338 e. The predicted octanol–water partition coefficient (Wildman–Crippen LogP) is 5.16. The number of aromatic nitrogens is 2. The molecule has 43 heavy (non-hydrogen) atoms. The largest absolute Gasteiger partial charge is 0.451 e. The van der Waals surface area contributed by atoms with Gasteiger partial charge in [-0.2, -0.15) is 0 Å². The van der Waals surface area contributed by atoms with Gasteiger partial charge >= 0.3 is 11.7 Å². The maximum Gasteiger partial charge on any atom is 0.338 e. The van der Waals surface area contributed by atoms with Crippen molar-refractivity contribution in [2.75, 3.05) is 6.61 Å². The molecule has 2 aliphatic heterocycles. The molecule has 1 N–H and O–H groups in total. The Kier molecular flexibility index (Phi) is 8.69. The van der Waals surface area contributed by atoms with Gasteiger partial charge in [0.05, 0.1) is 12.2 Å². The molecule has 4 atom stereocenters. The molecule has 0 saturated carbocycles. The summed E-state index contributed by atoms with van der Waals surface area (Å²) in [6.45, 7) is 26.2. The number of hydrogen-bond donors (Lipinski definition) is 1. The molecule has 238 valence electrons. The number of nitrogens with zero attached hydrogens (tertiary/aromatic N) is 1. The number of aromatic amines is 1. The number of esters is 1. The van der Waals surface area contributed by atoms with Gasteiger partial charge < -0.3 is 18.3 Å². The van der Waals surface area contributed by atoms with E-state index in [2.05, 4.69) is 85.8 Å². The molecule has 0 bridgehead atoms. The highest BCUT2D eigenvalue weighted by Crippen LogP contribution is 2.50. The van der Waals surface area contributed by atoms with Gasteiger partial charge in [-0.3, -0.25) is 14.3 Å². The molecule has 1 aromatic heterocycles. The van der Waals surface area contributed by atoms with Crippen molar-refractivity contribution in [1.82, 2.24) is 9.55 Å². The molecule has 1 spiro atoms. The lowest BCUT2D eigenvalue weighted by Crippen LogP contribution is -2.56. The summed E-state index contributed by atoms with van der Waals surface area (Å²) in [5.74, 6) is -0.520. The highest BCUT2D eigenvalue weighted by atomic mass is 28.4. The van der Waals surface area contributed by atoms with E-state index < -0.39 is 66.0 Å². The molecule has 12 heteroatoms. The first kappa shape index (κ1) is 33.8. The number of H-pyrrole nitrogens is 1. The van der Waals surface area contributed by atoms with Crippen molar-refractivity contribution < 1.29 is 23.1 Å². The zero-order valence-corrected chi connectivity index (χ0v) is 30.9. The number of ether oxygens (including phenoxy) is 2. The molecule has 9 nitrogen and oxygen atoms in total. The third-order valence-electron chi connectivity index (χ3n) is 10.1. The minimum absolute atomic E-state index is 0.0382. The maximum atomic E-state index is 13.7. The minimum atomic E-state index is -2.46. The number of hydrogen-bond acceptors (Lipinski definition) is 7. The van der Waals surface area contributed by atoms with E-state index in [0.29, 0.717) is 16.9 Å². The molecule has 4 rings (SSSR count). The first-order chi connectivity index (χ1) is 19.5. The average molecular weight is 647 g/mol. The lowest BCUT2D eigenvalue weighted by atomic mass is 10.0. The minimum Gasteiger partial charge on any atom is -0.451 e. The van der Waals surface area contributed by atoms with Crippen molar-refractivity contribution >= 4 is 36.0 Å². The van der Waals surface area contributed by atoms with Gasteiger partial charge in [0, 0.05) is 17.4 Å². The highest BCUT2D eigenvalue weighted by molar-refractivity contribution is 6.90.